The monoisotopic (exact) mass is 371 g/mol. The average molecular weight is 372 g/mol. The summed E-state index contributed by atoms with van der Waals surface area (Å²) >= 11 is 11.9. The Morgan fingerprint density at radius 1 is 1.13 bits per heavy atom. The van der Waals surface area contributed by atoms with Crippen LogP contribution in [0.4, 0.5) is 0 Å². The molecule has 0 fully saturated rings. The Hall–Kier alpha value is -1.56. The molecule has 23 heavy (non-hydrogen) atoms. The van der Waals surface area contributed by atoms with Gasteiger partial charge in [-0.05, 0) is 42.3 Å². The van der Waals surface area contributed by atoms with Gasteiger partial charge in [-0.1, -0.05) is 35.3 Å². The van der Waals surface area contributed by atoms with E-state index in [9.17, 15) is 13.2 Å². The second-order valence-electron chi connectivity index (χ2n) is 5.17. The van der Waals surface area contributed by atoms with Crippen molar-refractivity contribution in [3.05, 3.63) is 63.1 Å². The Balaban J connectivity index is 2.21. The maximum atomic E-state index is 12.3. The minimum absolute atomic E-state index is 0.109. The molecule has 1 amide bonds. The van der Waals surface area contributed by atoms with Crippen LogP contribution in [0.2, 0.25) is 10.0 Å². The normalized spacial score (nSPS) is 11.3. The number of sulfone groups is 1. The molecule has 0 aliphatic rings. The van der Waals surface area contributed by atoms with Crippen molar-refractivity contribution in [1.82, 2.24) is 5.32 Å². The molecule has 1 N–H and O–H groups in total. The first-order valence-electron chi connectivity index (χ1n) is 6.71. The molecule has 4 nitrogen and oxygen atoms in total. The Kier molecular flexibility index (Phi) is 5.34. The van der Waals surface area contributed by atoms with E-state index in [0.29, 0.717) is 21.2 Å². The zero-order valence-electron chi connectivity index (χ0n) is 12.6. The van der Waals surface area contributed by atoms with Gasteiger partial charge in [-0.3, -0.25) is 4.79 Å². The van der Waals surface area contributed by atoms with E-state index in [4.69, 9.17) is 23.2 Å². The predicted octanol–water partition coefficient (Wildman–Crippen LogP) is 3.64. The van der Waals surface area contributed by atoms with Crippen molar-refractivity contribution in [1.29, 1.82) is 0 Å². The van der Waals surface area contributed by atoms with Gasteiger partial charge < -0.3 is 5.32 Å². The van der Waals surface area contributed by atoms with E-state index in [1.807, 2.05) is 0 Å². The van der Waals surface area contributed by atoms with Gasteiger partial charge in [0.05, 0.1) is 4.90 Å². The number of benzene rings is 2. The van der Waals surface area contributed by atoms with E-state index < -0.39 is 9.84 Å². The van der Waals surface area contributed by atoms with E-state index in [1.54, 1.807) is 31.2 Å². The van der Waals surface area contributed by atoms with E-state index in [0.717, 1.165) is 11.8 Å². The number of hydrogen-bond donors (Lipinski definition) is 1. The van der Waals surface area contributed by atoms with Gasteiger partial charge in [-0.25, -0.2) is 8.42 Å². The number of amides is 1. The second-order valence-corrected chi connectivity index (χ2v) is 8.03. The molecular weight excluding hydrogens is 357 g/mol. The molecule has 2 aromatic carbocycles. The lowest BCUT2D eigenvalue weighted by Crippen LogP contribution is -2.24. The van der Waals surface area contributed by atoms with Crippen molar-refractivity contribution in [2.24, 2.45) is 0 Å². The van der Waals surface area contributed by atoms with Crippen LogP contribution in [0.1, 0.15) is 21.5 Å². The van der Waals surface area contributed by atoms with Crippen LogP contribution < -0.4 is 5.32 Å². The molecule has 122 valence electrons. The van der Waals surface area contributed by atoms with Crippen LogP contribution in [0.25, 0.3) is 0 Å². The third-order valence-electron chi connectivity index (χ3n) is 3.34. The van der Waals surface area contributed by atoms with Crippen LogP contribution in [0.5, 0.6) is 0 Å². The van der Waals surface area contributed by atoms with Gasteiger partial charge in [0, 0.05) is 28.4 Å². The summed E-state index contributed by atoms with van der Waals surface area (Å²) in [4.78, 5) is 12.4. The van der Waals surface area contributed by atoms with E-state index in [2.05, 4.69) is 5.32 Å². The standard InChI is InChI=1S/C16H15Cl2NO3S/c1-10-3-6-13(23(2,21)22)8-14(10)16(20)19-9-11-4-5-12(17)7-15(11)18/h3-8H,9H2,1-2H3,(H,19,20). The second kappa shape index (κ2) is 6.91. The Bertz CT molecular complexity index is 864. The van der Waals surface area contributed by atoms with Gasteiger partial charge in [0.1, 0.15) is 0 Å². The highest BCUT2D eigenvalue weighted by atomic mass is 35.5. The molecule has 0 saturated carbocycles. The minimum atomic E-state index is -3.37. The molecule has 7 heteroatoms. The molecular formula is C16H15Cl2NO3S. The summed E-state index contributed by atoms with van der Waals surface area (Å²) in [7, 11) is -3.37. The topological polar surface area (TPSA) is 63.2 Å². The van der Waals surface area contributed by atoms with Crippen molar-refractivity contribution in [2.75, 3.05) is 6.26 Å². The molecule has 0 aromatic heterocycles. The molecule has 0 bridgehead atoms. The van der Waals surface area contributed by atoms with Crippen molar-refractivity contribution in [3.8, 4) is 0 Å². The maximum absolute atomic E-state index is 12.3. The number of hydrogen-bond acceptors (Lipinski definition) is 3. The van der Waals surface area contributed by atoms with Gasteiger partial charge in [0.25, 0.3) is 5.91 Å². The van der Waals surface area contributed by atoms with Crippen molar-refractivity contribution < 1.29 is 13.2 Å². The summed E-state index contributed by atoms with van der Waals surface area (Å²) in [5, 5.41) is 3.71. The zero-order valence-corrected chi connectivity index (χ0v) is 14.9. The highest BCUT2D eigenvalue weighted by molar-refractivity contribution is 7.90. The molecule has 0 aliphatic heterocycles. The van der Waals surface area contributed by atoms with E-state index in [1.165, 1.54) is 12.1 Å². The minimum Gasteiger partial charge on any atom is -0.348 e. The lowest BCUT2D eigenvalue weighted by atomic mass is 10.1. The van der Waals surface area contributed by atoms with Crippen LogP contribution in [-0.4, -0.2) is 20.6 Å². The molecule has 0 aliphatic carbocycles. The van der Waals surface area contributed by atoms with E-state index in [-0.39, 0.29) is 17.3 Å². The van der Waals surface area contributed by atoms with Crippen LogP contribution >= 0.6 is 23.2 Å². The van der Waals surface area contributed by atoms with E-state index >= 15 is 0 Å². The lowest BCUT2D eigenvalue weighted by Gasteiger charge is -2.10. The smallest absolute Gasteiger partial charge is 0.251 e. The quantitative estimate of drug-likeness (QED) is 0.892. The van der Waals surface area contributed by atoms with Gasteiger partial charge in [-0.2, -0.15) is 0 Å². The van der Waals surface area contributed by atoms with Crippen LogP contribution in [-0.2, 0) is 16.4 Å². The number of aryl methyl sites for hydroxylation is 1. The fourth-order valence-electron chi connectivity index (χ4n) is 2.01. The maximum Gasteiger partial charge on any atom is 0.251 e. The number of rotatable bonds is 4. The summed E-state index contributed by atoms with van der Waals surface area (Å²) in [6.45, 7) is 1.97. The Morgan fingerprint density at radius 2 is 1.83 bits per heavy atom. The molecule has 2 rings (SSSR count). The molecule has 0 heterocycles. The van der Waals surface area contributed by atoms with Crippen molar-refractivity contribution >= 4 is 38.9 Å². The first kappa shape index (κ1) is 17.8. The molecule has 0 unspecified atom stereocenters. The fraction of sp³-hybridized carbons (Fsp3) is 0.188. The number of nitrogens with one attached hydrogen (secondary N) is 1. The number of halogens is 2. The predicted molar refractivity (Wildman–Crippen MR) is 91.9 cm³/mol. The summed E-state index contributed by atoms with van der Waals surface area (Å²) in [5.74, 6) is -0.362. The number of carbonyl (C=O) groups is 1. The molecule has 0 radical (unpaired) electrons. The Morgan fingerprint density at radius 3 is 2.43 bits per heavy atom. The largest absolute Gasteiger partial charge is 0.348 e. The summed E-state index contributed by atoms with van der Waals surface area (Å²) in [6.07, 6.45) is 1.10. The molecule has 0 spiro atoms. The zero-order chi connectivity index (χ0) is 17.2. The number of carbonyl (C=O) groups excluding carboxylic acids is 1. The molecule has 0 saturated heterocycles. The lowest BCUT2D eigenvalue weighted by molar-refractivity contribution is 0.0950. The summed E-state index contributed by atoms with van der Waals surface area (Å²) < 4.78 is 23.2. The van der Waals surface area contributed by atoms with Gasteiger partial charge in [0.2, 0.25) is 0 Å². The average Bonchev–Trinajstić information content (AvgIpc) is 2.45. The third-order valence-corrected chi connectivity index (χ3v) is 5.03. The molecule has 0 atom stereocenters. The highest BCUT2D eigenvalue weighted by Crippen LogP contribution is 2.21. The SMILES string of the molecule is Cc1ccc(S(C)(=O)=O)cc1C(=O)NCc1ccc(Cl)cc1Cl. The highest BCUT2D eigenvalue weighted by Gasteiger charge is 2.14. The van der Waals surface area contributed by atoms with Crippen molar-refractivity contribution in [2.45, 2.75) is 18.4 Å². The first-order valence-corrected chi connectivity index (χ1v) is 9.36. The summed E-state index contributed by atoms with van der Waals surface area (Å²) in [6, 6.07) is 9.48. The van der Waals surface area contributed by atoms with Gasteiger partial charge >= 0.3 is 0 Å². The first-order chi connectivity index (χ1) is 10.7. The van der Waals surface area contributed by atoms with Gasteiger partial charge in [0.15, 0.2) is 9.84 Å². The van der Waals surface area contributed by atoms with Crippen molar-refractivity contribution in [3.63, 3.8) is 0 Å². The van der Waals surface area contributed by atoms with Crippen LogP contribution in [0.3, 0.4) is 0 Å². The van der Waals surface area contributed by atoms with Crippen LogP contribution in [0, 0.1) is 6.92 Å². The summed E-state index contributed by atoms with van der Waals surface area (Å²) in [5.41, 5.74) is 1.73. The van der Waals surface area contributed by atoms with Gasteiger partial charge in [-0.15, -0.1) is 0 Å². The molecule has 2 aromatic rings. The third kappa shape index (κ3) is 4.47. The van der Waals surface area contributed by atoms with Crippen LogP contribution in [0.15, 0.2) is 41.3 Å². The Labute approximate surface area is 145 Å². The fourth-order valence-corrected chi connectivity index (χ4v) is 3.13.